The lowest BCUT2D eigenvalue weighted by Gasteiger charge is -2.37. The molecule has 0 spiro atoms. The van der Waals surface area contributed by atoms with Gasteiger partial charge in [0.2, 0.25) is 5.91 Å². The van der Waals surface area contributed by atoms with Crippen molar-refractivity contribution in [2.24, 2.45) is 11.7 Å². The number of carbonyl (C=O) groups is 1. The summed E-state index contributed by atoms with van der Waals surface area (Å²) in [5, 5.41) is 3.21. The van der Waals surface area contributed by atoms with Crippen LogP contribution in [-0.2, 0) is 10.2 Å². The van der Waals surface area contributed by atoms with Gasteiger partial charge >= 0.3 is 0 Å². The molecule has 1 amide bonds. The zero-order chi connectivity index (χ0) is 21.9. The van der Waals surface area contributed by atoms with Crippen LogP contribution in [0.5, 0.6) is 0 Å². The first kappa shape index (κ1) is 23.5. The number of carbonyl (C=O) groups excluding carboxylic acids is 1. The summed E-state index contributed by atoms with van der Waals surface area (Å²) in [6.07, 6.45) is 8.77. The van der Waals surface area contributed by atoms with Crippen LogP contribution in [0, 0.1) is 5.92 Å². The summed E-state index contributed by atoms with van der Waals surface area (Å²) in [7, 11) is 2.02. The number of unbranched alkanes of at least 4 members (excludes halogenated alkanes) is 5. The monoisotopic (exact) mass is 421 g/mol. The van der Waals surface area contributed by atoms with Gasteiger partial charge in [-0.15, -0.1) is 0 Å². The molecule has 168 valence electrons. The summed E-state index contributed by atoms with van der Waals surface area (Å²) < 4.78 is 0. The Kier molecular flexibility index (Phi) is 9.11. The van der Waals surface area contributed by atoms with Crippen molar-refractivity contribution in [3.05, 3.63) is 71.8 Å². The summed E-state index contributed by atoms with van der Waals surface area (Å²) in [5.41, 5.74) is 7.45. The normalized spacial score (nSPS) is 17.1. The molecule has 3 rings (SSSR count). The van der Waals surface area contributed by atoms with E-state index in [0.29, 0.717) is 0 Å². The van der Waals surface area contributed by atoms with E-state index in [1.165, 1.54) is 38.5 Å². The quantitative estimate of drug-likeness (QED) is 0.473. The Hall–Kier alpha value is -2.17. The van der Waals surface area contributed by atoms with Gasteiger partial charge in [0.15, 0.2) is 0 Å². The highest BCUT2D eigenvalue weighted by Crippen LogP contribution is 2.43. The Morgan fingerprint density at radius 2 is 1.48 bits per heavy atom. The maximum atomic E-state index is 13.1. The van der Waals surface area contributed by atoms with Crippen molar-refractivity contribution in [1.82, 2.24) is 10.2 Å². The van der Waals surface area contributed by atoms with Crippen molar-refractivity contribution in [3.63, 3.8) is 0 Å². The fourth-order valence-corrected chi connectivity index (χ4v) is 5.26. The lowest BCUT2D eigenvalue weighted by atomic mass is 9.64. The number of rotatable bonds is 13. The topological polar surface area (TPSA) is 58.4 Å². The molecule has 0 bridgehead atoms. The van der Waals surface area contributed by atoms with E-state index in [2.05, 4.69) is 34.5 Å². The van der Waals surface area contributed by atoms with Crippen LogP contribution in [0.4, 0.5) is 0 Å². The number of hydrogen-bond acceptors (Lipinski definition) is 3. The van der Waals surface area contributed by atoms with Gasteiger partial charge in [-0.2, -0.15) is 0 Å². The molecule has 0 unspecified atom stereocenters. The Balaban J connectivity index is 1.65. The third kappa shape index (κ3) is 5.75. The molecule has 4 nitrogen and oxygen atoms in total. The summed E-state index contributed by atoms with van der Waals surface area (Å²) in [4.78, 5) is 15.7. The zero-order valence-electron chi connectivity index (χ0n) is 19.1. The number of primary amides is 1. The van der Waals surface area contributed by atoms with E-state index in [0.717, 1.165) is 43.7 Å². The highest BCUT2D eigenvalue weighted by Gasteiger charge is 2.49. The second-order valence-electron chi connectivity index (χ2n) is 8.92. The van der Waals surface area contributed by atoms with Gasteiger partial charge in [0.25, 0.3) is 0 Å². The highest BCUT2D eigenvalue weighted by atomic mass is 16.1. The number of amides is 1. The van der Waals surface area contributed by atoms with Crippen molar-refractivity contribution in [2.75, 3.05) is 33.2 Å². The smallest absolute Gasteiger partial charge is 0.232 e. The molecular formula is C27H39N3O. The number of nitrogens with one attached hydrogen (secondary N) is 1. The molecule has 1 saturated heterocycles. The van der Waals surface area contributed by atoms with Crippen LogP contribution in [0.15, 0.2) is 60.7 Å². The van der Waals surface area contributed by atoms with Crippen LogP contribution < -0.4 is 11.1 Å². The Morgan fingerprint density at radius 3 is 2.03 bits per heavy atom. The Bertz CT molecular complexity index is 738. The molecule has 2 aromatic rings. The summed E-state index contributed by atoms with van der Waals surface area (Å²) in [6.45, 7) is 4.21. The van der Waals surface area contributed by atoms with Crippen LogP contribution in [0.1, 0.15) is 56.1 Å². The predicted molar refractivity (Wildman–Crippen MR) is 129 cm³/mol. The summed E-state index contributed by atoms with van der Waals surface area (Å²) >= 11 is 0. The van der Waals surface area contributed by atoms with Gasteiger partial charge in [0.05, 0.1) is 0 Å². The van der Waals surface area contributed by atoms with E-state index in [-0.39, 0.29) is 11.8 Å². The molecule has 0 radical (unpaired) electrons. The maximum absolute atomic E-state index is 13.1. The number of likely N-dealkylation sites (tertiary alicyclic amines) is 1. The SMILES string of the molecule is CNCCCCCCCCN1CC[C@H](C(C(N)=O)(c2ccccc2)c2ccccc2)C1. The van der Waals surface area contributed by atoms with Gasteiger partial charge in [0, 0.05) is 6.54 Å². The molecule has 4 heteroatoms. The van der Waals surface area contributed by atoms with Gasteiger partial charge in [-0.05, 0) is 63.0 Å². The first-order chi connectivity index (χ1) is 15.2. The standard InChI is InChI=1S/C27H39N3O/c1-29-19-12-4-2-3-5-13-20-30-21-18-25(22-30)27(26(28)31,23-14-8-6-9-15-23)24-16-10-7-11-17-24/h6-11,14-17,25,29H,2-5,12-13,18-22H2,1H3,(H2,28,31)/t25-/m0/s1. The van der Waals surface area contributed by atoms with Crippen molar-refractivity contribution in [1.29, 1.82) is 0 Å². The van der Waals surface area contributed by atoms with Crippen LogP contribution in [0.25, 0.3) is 0 Å². The lowest BCUT2D eigenvalue weighted by molar-refractivity contribution is -0.123. The molecular weight excluding hydrogens is 382 g/mol. The van der Waals surface area contributed by atoms with Gasteiger partial charge in [-0.25, -0.2) is 0 Å². The average Bonchev–Trinajstić information content (AvgIpc) is 3.26. The highest BCUT2D eigenvalue weighted by molar-refractivity contribution is 5.91. The molecule has 1 aliphatic rings. The molecule has 2 aromatic carbocycles. The first-order valence-corrected chi connectivity index (χ1v) is 12.0. The number of benzene rings is 2. The molecule has 3 N–H and O–H groups in total. The third-order valence-corrected chi connectivity index (χ3v) is 6.88. The van der Waals surface area contributed by atoms with E-state index >= 15 is 0 Å². The number of nitrogens with zero attached hydrogens (tertiary/aromatic N) is 1. The molecule has 31 heavy (non-hydrogen) atoms. The lowest BCUT2D eigenvalue weighted by Crippen LogP contribution is -2.49. The average molecular weight is 422 g/mol. The van der Waals surface area contributed by atoms with Gasteiger partial charge in [-0.3, -0.25) is 4.79 Å². The second kappa shape index (κ2) is 12.0. The number of nitrogens with two attached hydrogens (primary N) is 1. The molecule has 1 fully saturated rings. The minimum absolute atomic E-state index is 0.191. The number of hydrogen-bond donors (Lipinski definition) is 2. The largest absolute Gasteiger partial charge is 0.369 e. The zero-order valence-corrected chi connectivity index (χ0v) is 19.1. The Morgan fingerprint density at radius 1 is 0.935 bits per heavy atom. The van der Waals surface area contributed by atoms with Crippen molar-refractivity contribution < 1.29 is 4.79 Å². The van der Waals surface area contributed by atoms with Gasteiger partial charge in [-0.1, -0.05) is 86.3 Å². The fraction of sp³-hybridized carbons (Fsp3) is 0.519. The van der Waals surface area contributed by atoms with E-state index in [4.69, 9.17) is 5.73 Å². The Labute approximate surface area is 188 Å². The van der Waals surface area contributed by atoms with Crippen LogP contribution in [-0.4, -0.2) is 44.0 Å². The molecule has 1 heterocycles. The molecule has 0 saturated carbocycles. The molecule has 0 aliphatic carbocycles. The molecule has 1 atom stereocenters. The van der Waals surface area contributed by atoms with Crippen molar-refractivity contribution >= 4 is 5.91 Å². The van der Waals surface area contributed by atoms with Crippen LogP contribution in [0.3, 0.4) is 0 Å². The van der Waals surface area contributed by atoms with E-state index in [9.17, 15) is 4.79 Å². The van der Waals surface area contributed by atoms with Gasteiger partial charge < -0.3 is 16.0 Å². The summed E-state index contributed by atoms with van der Waals surface area (Å²) in [6, 6.07) is 20.3. The second-order valence-corrected chi connectivity index (χ2v) is 8.92. The molecule has 1 aliphatic heterocycles. The minimum atomic E-state index is -0.773. The van der Waals surface area contributed by atoms with E-state index < -0.39 is 5.41 Å². The van der Waals surface area contributed by atoms with Crippen LogP contribution in [0.2, 0.25) is 0 Å². The predicted octanol–water partition coefficient (Wildman–Crippen LogP) is 4.34. The van der Waals surface area contributed by atoms with Crippen molar-refractivity contribution in [3.8, 4) is 0 Å². The first-order valence-electron chi connectivity index (χ1n) is 12.0. The van der Waals surface area contributed by atoms with Crippen LogP contribution >= 0.6 is 0 Å². The summed E-state index contributed by atoms with van der Waals surface area (Å²) in [5.74, 6) is -0.0466. The minimum Gasteiger partial charge on any atom is -0.369 e. The van der Waals surface area contributed by atoms with E-state index in [1.807, 2.05) is 43.4 Å². The van der Waals surface area contributed by atoms with Gasteiger partial charge in [0.1, 0.15) is 5.41 Å². The third-order valence-electron chi connectivity index (χ3n) is 6.88. The van der Waals surface area contributed by atoms with E-state index in [1.54, 1.807) is 0 Å². The maximum Gasteiger partial charge on any atom is 0.232 e. The fourth-order valence-electron chi connectivity index (χ4n) is 5.26. The van der Waals surface area contributed by atoms with Crippen molar-refractivity contribution in [2.45, 2.75) is 50.4 Å². The molecule has 0 aromatic heterocycles.